The first-order valence-electron chi connectivity index (χ1n) is 7.81. The maximum Gasteiger partial charge on any atom is 0.573 e. The van der Waals surface area contributed by atoms with Crippen molar-refractivity contribution in [3.05, 3.63) is 66.1 Å². The van der Waals surface area contributed by atoms with E-state index in [4.69, 9.17) is 4.42 Å². The molecule has 0 radical (unpaired) electrons. The SMILES string of the molecule is O=C(Nc1cccc(OC(F)(F)F)c1)c1coc(-c2ccc(C(F)(F)F)cc2)n1. The fraction of sp³-hybridized carbons (Fsp3) is 0.111. The summed E-state index contributed by atoms with van der Waals surface area (Å²) in [5.74, 6) is -1.42. The Morgan fingerprint density at radius 1 is 1.00 bits per heavy atom. The number of rotatable bonds is 4. The lowest BCUT2D eigenvalue weighted by atomic mass is 10.1. The second-order valence-electron chi connectivity index (χ2n) is 5.64. The number of oxazole rings is 1. The zero-order chi connectivity index (χ0) is 21.2. The number of amides is 1. The lowest BCUT2D eigenvalue weighted by molar-refractivity contribution is -0.274. The lowest BCUT2D eigenvalue weighted by Crippen LogP contribution is -2.17. The molecule has 0 aliphatic heterocycles. The summed E-state index contributed by atoms with van der Waals surface area (Å²) in [7, 11) is 0. The number of benzene rings is 2. The summed E-state index contributed by atoms with van der Waals surface area (Å²) in [5, 5.41) is 2.32. The van der Waals surface area contributed by atoms with Crippen LogP contribution in [0.15, 0.2) is 59.2 Å². The van der Waals surface area contributed by atoms with Gasteiger partial charge in [0.15, 0.2) is 5.69 Å². The van der Waals surface area contributed by atoms with Crippen LogP contribution in [0.5, 0.6) is 5.75 Å². The molecule has 3 aromatic rings. The monoisotopic (exact) mass is 416 g/mol. The number of carbonyl (C=O) groups is 1. The Morgan fingerprint density at radius 2 is 1.69 bits per heavy atom. The third-order valence-corrected chi connectivity index (χ3v) is 3.52. The minimum absolute atomic E-state index is 0.0100. The van der Waals surface area contributed by atoms with Crippen molar-refractivity contribution in [2.24, 2.45) is 0 Å². The summed E-state index contributed by atoms with van der Waals surface area (Å²) in [6.07, 6.45) is -8.41. The number of hydrogen-bond acceptors (Lipinski definition) is 4. The summed E-state index contributed by atoms with van der Waals surface area (Å²) >= 11 is 0. The molecule has 152 valence electrons. The summed E-state index contributed by atoms with van der Waals surface area (Å²) < 4.78 is 83.4. The van der Waals surface area contributed by atoms with Crippen molar-refractivity contribution in [1.29, 1.82) is 0 Å². The van der Waals surface area contributed by atoms with Gasteiger partial charge in [0.05, 0.1) is 5.56 Å². The molecule has 29 heavy (non-hydrogen) atoms. The molecular formula is C18H10F6N2O3. The molecule has 0 aliphatic carbocycles. The minimum atomic E-state index is -4.88. The predicted molar refractivity (Wildman–Crippen MR) is 88.0 cm³/mol. The summed E-state index contributed by atoms with van der Waals surface area (Å²) in [5.41, 5.74) is -0.859. The van der Waals surface area contributed by atoms with E-state index in [-0.39, 0.29) is 22.8 Å². The van der Waals surface area contributed by atoms with Crippen molar-refractivity contribution in [2.75, 3.05) is 5.32 Å². The van der Waals surface area contributed by atoms with Crippen molar-refractivity contribution in [1.82, 2.24) is 4.98 Å². The molecule has 2 aromatic carbocycles. The second kappa shape index (κ2) is 7.49. The molecular weight excluding hydrogens is 406 g/mol. The smallest absolute Gasteiger partial charge is 0.444 e. The normalized spacial score (nSPS) is 11.9. The van der Waals surface area contributed by atoms with Crippen LogP contribution in [0.1, 0.15) is 16.1 Å². The maximum atomic E-state index is 12.6. The number of hydrogen-bond donors (Lipinski definition) is 1. The molecule has 0 bridgehead atoms. The Morgan fingerprint density at radius 3 is 2.31 bits per heavy atom. The van der Waals surface area contributed by atoms with Gasteiger partial charge in [0.2, 0.25) is 5.89 Å². The van der Waals surface area contributed by atoms with Crippen LogP contribution in [0.25, 0.3) is 11.5 Å². The first-order valence-corrected chi connectivity index (χ1v) is 7.81. The number of halogens is 6. The predicted octanol–water partition coefficient (Wildman–Crippen LogP) is 5.51. The zero-order valence-electron chi connectivity index (χ0n) is 14.1. The maximum absolute atomic E-state index is 12.6. The van der Waals surface area contributed by atoms with Crippen LogP contribution in [0, 0.1) is 0 Å². The zero-order valence-corrected chi connectivity index (χ0v) is 14.1. The van der Waals surface area contributed by atoms with E-state index in [0.717, 1.165) is 42.7 Å². The Kier molecular flexibility index (Phi) is 5.23. The van der Waals surface area contributed by atoms with Crippen molar-refractivity contribution in [2.45, 2.75) is 12.5 Å². The molecule has 0 saturated heterocycles. The molecule has 0 saturated carbocycles. The Bertz CT molecular complexity index is 1010. The van der Waals surface area contributed by atoms with E-state index in [1.807, 2.05) is 0 Å². The molecule has 1 heterocycles. The highest BCUT2D eigenvalue weighted by Gasteiger charge is 2.31. The third-order valence-electron chi connectivity index (χ3n) is 3.52. The van der Waals surface area contributed by atoms with Gasteiger partial charge in [0, 0.05) is 17.3 Å². The molecule has 0 fully saturated rings. The van der Waals surface area contributed by atoms with Gasteiger partial charge in [-0.2, -0.15) is 13.2 Å². The fourth-order valence-electron chi connectivity index (χ4n) is 2.28. The van der Waals surface area contributed by atoms with Gasteiger partial charge >= 0.3 is 12.5 Å². The standard InChI is InChI=1S/C18H10F6N2O3/c19-17(20,21)11-6-4-10(5-7-11)16-26-14(9-28-16)15(27)25-12-2-1-3-13(8-12)29-18(22,23)24/h1-9H,(H,25,27). The second-order valence-corrected chi connectivity index (χ2v) is 5.64. The molecule has 1 N–H and O–H groups in total. The van der Waals surface area contributed by atoms with Crippen LogP contribution in [-0.4, -0.2) is 17.3 Å². The number of nitrogens with one attached hydrogen (secondary N) is 1. The number of anilines is 1. The fourth-order valence-corrected chi connectivity index (χ4v) is 2.28. The van der Waals surface area contributed by atoms with Crippen molar-refractivity contribution in [3.8, 4) is 17.2 Å². The van der Waals surface area contributed by atoms with Crippen LogP contribution in [0.2, 0.25) is 0 Å². The summed E-state index contributed by atoms with van der Waals surface area (Å²) in [6, 6.07) is 8.54. The van der Waals surface area contributed by atoms with Crippen LogP contribution in [-0.2, 0) is 6.18 Å². The highest BCUT2D eigenvalue weighted by atomic mass is 19.4. The minimum Gasteiger partial charge on any atom is -0.444 e. The van der Waals surface area contributed by atoms with Gasteiger partial charge in [-0.3, -0.25) is 4.79 Å². The summed E-state index contributed by atoms with van der Waals surface area (Å²) in [4.78, 5) is 16.1. The molecule has 5 nitrogen and oxygen atoms in total. The number of aromatic nitrogens is 1. The number of ether oxygens (including phenoxy) is 1. The molecule has 1 aromatic heterocycles. The molecule has 3 rings (SSSR count). The highest BCUT2D eigenvalue weighted by molar-refractivity contribution is 6.03. The van der Waals surface area contributed by atoms with Gasteiger partial charge in [0.25, 0.3) is 5.91 Å². The molecule has 1 amide bonds. The Balaban J connectivity index is 1.72. The number of nitrogens with zero attached hydrogens (tertiary/aromatic N) is 1. The largest absolute Gasteiger partial charge is 0.573 e. The van der Waals surface area contributed by atoms with E-state index in [0.29, 0.717) is 0 Å². The quantitative estimate of drug-likeness (QED) is 0.570. The van der Waals surface area contributed by atoms with E-state index in [1.54, 1.807) is 0 Å². The van der Waals surface area contributed by atoms with Gasteiger partial charge < -0.3 is 14.5 Å². The number of alkyl halides is 6. The van der Waals surface area contributed by atoms with Crippen LogP contribution in [0.3, 0.4) is 0 Å². The van der Waals surface area contributed by atoms with E-state index in [2.05, 4.69) is 15.0 Å². The van der Waals surface area contributed by atoms with E-state index < -0.39 is 29.8 Å². The van der Waals surface area contributed by atoms with Crippen molar-refractivity contribution in [3.63, 3.8) is 0 Å². The van der Waals surface area contributed by atoms with E-state index >= 15 is 0 Å². The molecule has 11 heteroatoms. The van der Waals surface area contributed by atoms with E-state index in [9.17, 15) is 31.1 Å². The van der Waals surface area contributed by atoms with Gasteiger partial charge in [-0.1, -0.05) is 6.07 Å². The van der Waals surface area contributed by atoms with Crippen LogP contribution < -0.4 is 10.1 Å². The highest BCUT2D eigenvalue weighted by Crippen LogP contribution is 2.31. The van der Waals surface area contributed by atoms with Gasteiger partial charge in [-0.15, -0.1) is 13.2 Å². The van der Waals surface area contributed by atoms with Gasteiger partial charge in [0.1, 0.15) is 12.0 Å². The molecule has 0 unspecified atom stereocenters. The molecule has 0 atom stereocenters. The van der Waals surface area contributed by atoms with Crippen molar-refractivity contribution >= 4 is 11.6 Å². The first kappa shape index (κ1) is 20.2. The molecule has 0 spiro atoms. The average molecular weight is 416 g/mol. The van der Waals surface area contributed by atoms with Crippen LogP contribution in [0.4, 0.5) is 32.0 Å². The lowest BCUT2D eigenvalue weighted by Gasteiger charge is -2.10. The third kappa shape index (κ3) is 5.27. The topological polar surface area (TPSA) is 64.4 Å². The first-order chi connectivity index (χ1) is 13.5. The Hall–Kier alpha value is -3.50. The van der Waals surface area contributed by atoms with Crippen LogP contribution >= 0.6 is 0 Å². The average Bonchev–Trinajstić information content (AvgIpc) is 3.10. The number of carbonyl (C=O) groups excluding carboxylic acids is 1. The van der Waals surface area contributed by atoms with E-state index in [1.165, 1.54) is 12.1 Å². The Labute approximate surface area is 158 Å². The summed E-state index contributed by atoms with van der Waals surface area (Å²) in [6.45, 7) is 0. The van der Waals surface area contributed by atoms with Gasteiger partial charge in [-0.25, -0.2) is 4.98 Å². The van der Waals surface area contributed by atoms with Gasteiger partial charge in [-0.05, 0) is 36.4 Å². The van der Waals surface area contributed by atoms with Crippen molar-refractivity contribution < 1.29 is 40.3 Å². The molecule has 0 aliphatic rings.